The molecule has 0 radical (unpaired) electrons. The molecule has 6 heteroatoms. The Morgan fingerprint density at radius 1 is 1.30 bits per heavy atom. The van der Waals surface area contributed by atoms with Gasteiger partial charge in [-0.25, -0.2) is 0 Å². The van der Waals surface area contributed by atoms with Crippen molar-refractivity contribution in [2.75, 3.05) is 33.4 Å². The fraction of sp³-hybridized carbons (Fsp3) is 0.647. The van der Waals surface area contributed by atoms with E-state index in [1.54, 1.807) is 25.0 Å². The van der Waals surface area contributed by atoms with E-state index in [-0.39, 0.29) is 18.2 Å². The molecule has 0 atom stereocenters. The van der Waals surface area contributed by atoms with E-state index in [1.807, 2.05) is 6.92 Å². The summed E-state index contributed by atoms with van der Waals surface area (Å²) in [6.07, 6.45) is 2.19. The number of carbonyl (C=O) groups is 2. The first-order valence-electron chi connectivity index (χ1n) is 8.11. The number of furan rings is 1. The molecule has 0 spiro atoms. The summed E-state index contributed by atoms with van der Waals surface area (Å²) >= 11 is 0. The van der Waals surface area contributed by atoms with Crippen LogP contribution in [-0.2, 0) is 9.53 Å². The molecule has 0 fully saturated rings. The van der Waals surface area contributed by atoms with Crippen molar-refractivity contribution in [1.82, 2.24) is 10.2 Å². The van der Waals surface area contributed by atoms with Crippen LogP contribution in [0, 0.1) is 13.8 Å². The number of carbonyl (C=O) groups excluding carboxylic acids is 2. The summed E-state index contributed by atoms with van der Waals surface area (Å²) in [5.41, 5.74) is 0.582. The minimum Gasteiger partial charge on any atom is -0.466 e. The third-order valence-electron chi connectivity index (χ3n) is 3.58. The number of unbranched alkanes of at least 4 members (excludes halogenated alkanes) is 1. The molecule has 0 saturated heterocycles. The number of methoxy groups -OCH3 is 1. The number of amides is 2. The molecule has 0 unspecified atom stereocenters. The standard InChI is InChI=1S/C17H28N2O4/c1-5-6-9-19(10-7-16(20)18-8-11-22-4)17(21)15-12-13(2)23-14(15)3/h12H,5-11H2,1-4H3,(H,18,20). The van der Waals surface area contributed by atoms with Crippen molar-refractivity contribution in [3.8, 4) is 0 Å². The van der Waals surface area contributed by atoms with Gasteiger partial charge in [-0.15, -0.1) is 0 Å². The van der Waals surface area contributed by atoms with Gasteiger partial charge in [0.2, 0.25) is 5.91 Å². The van der Waals surface area contributed by atoms with Gasteiger partial charge in [0.05, 0.1) is 12.2 Å². The molecular weight excluding hydrogens is 296 g/mol. The van der Waals surface area contributed by atoms with E-state index in [0.29, 0.717) is 37.6 Å². The minimum atomic E-state index is -0.0727. The quantitative estimate of drug-likeness (QED) is 0.670. The first-order chi connectivity index (χ1) is 11.0. The lowest BCUT2D eigenvalue weighted by molar-refractivity contribution is -0.121. The van der Waals surface area contributed by atoms with Crippen LogP contribution in [0.4, 0.5) is 0 Å². The molecular formula is C17H28N2O4. The third kappa shape index (κ3) is 6.44. The first-order valence-corrected chi connectivity index (χ1v) is 8.11. The largest absolute Gasteiger partial charge is 0.466 e. The second-order valence-corrected chi connectivity index (χ2v) is 5.57. The Hall–Kier alpha value is -1.82. The molecule has 23 heavy (non-hydrogen) atoms. The van der Waals surface area contributed by atoms with Crippen LogP contribution >= 0.6 is 0 Å². The zero-order valence-electron chi connectivity index (χ0n) is 14.6. The molecule has 0 saturated carbocycles. The Morgan fingerprint density at radius 3 is 2.61 bits per heavy atom. The topological polar surface area (TPSA) is 71.8 Å². The normalized spacial score (nSPS) is 10.6. The van der Waals surface area contributed by atoms with Crippen LogP contribution in [0.5, 0.6) is 0 Å². The van der Waals surface area contributed by atoms with Crippen LogP contribution in [0.3, 0.4) is 0 Å². The van der Waals surface area contributed by atoms with Gasteiger partial charge in [0.1, 0.15) is 11.5 Å². The highest BCUT2D eigenvalue weighted by atomic mass is 16.5. The number of hydrogen-bond donors (Lipinski definition) is 1. The number of nitrogens with one attached hydrogen (secondary N) is 1. The Morgan fingerprint density at radius 2 is 2.04 bits per heavy atom. The molecule has 0 bridgehead atoms. The van der Waals surface area contributed by atoms with Crippen LogP contribution < -0.4 is 5.32 Å². The van der Waals surface area contributed by atoms with Crippen LogP contribution in [0.2, 0.25) is 0 Å². The third-order valence-corrected chi connectivity index (χ3v) is 3.58. The van der Waals surface area contributed by atoms with E-state index < -0.39 is 0 Å². The predicted molar refractivity (Wildman–Crippen MR) is 88.5 cm³/mol. The first kappa shape index (κ1) is 19.2. The number of ether oxygens (including phenoxy) is 1. The molecule has 1 rings (SSSR count). The fourth-order valence-corrected chi connectivity index (χ4v) is 2.29. The zero-order chi connectivity index (χ0) is 17.2. The van der Waals surface area contributed by atoms with Gasteiger partial charge in [0.15, 0.2) is 0 Å². The lowest BCUT2D eigenvalue weighted by Crippen LogP contribution is -2.36. The van der Waals surface area contributed by atoms with Crippen molar-refractivity contribution < 1.29 is 18.7 Å². The summed E-state index contributed by atoms with van der Waals surface area (Å²) in [7, 11) is 1.59. The summed E-state index contributed by atoms with van der Waals surface area (Å²) in [5, 5.41) is 2.77. The van der Waals surface area contributed by atoms with Gasteiger partial charge >= 0.3 is 0 Å². The monoisotopic (exact) mass is 324 g/mol. The van der Waals surface area contributed by atoms with E-state index in [1.165, 1.54) is 0 Å². The highest BCUT2D eigenvalue weighted by Crippen LogP contribution is 2.16. The number of nitrogens with zero attached hydrogens (tertiary/aromatic N) is 1. The fourth-order valence-electron chi connectivity index (χ4n) is 2.29. The summed E-state index contributed by atoms with van der Waals surface area (Å²) in [5.74, 6) is 1.20. The molecule has 1 aromatic rings. The van der Waals surface area contributed by atoms with Crippen LogP contribution in [0.15, 0.2) is 10.5 Å². The van der Waals surface area contributed by atoms with Crippen molar-refractivity contribution in [3.63, 3.8) is 0 Å². The van der Waals surface area contributed by atoms with Gasteiger partial charge in [0, 0.05) is 33.2 Å². The molecule has 1 N–H and O–H groups in total. The van der Waals surface area contributed by atoms with Crippen LogP contribution in [-0.4, -0.2) is 50.1 Å². The Bertz CT molecular complexity index is 511. The Balaban J connectivity index is 2.63. The highest BCUT2D eigenvalue weighted by Gasteiger charge is 2.20. The van der Waals surface area contributed by atoms with Crippen molar-refractivity contribution in [3.05, 3.63) is 23.2 Å². The Labute approximate surface area is 138 Å². The molecule has 0 aromatic carbocycles. The maximum Gasteiger partial charge on any atom is 0.257 e. The molecule has 2 amide bonds. The molecule has 1 heterocycles. The van der Waals surface area contributed by atoms with Crippen molar-refractivity contribution in [2.24, 2.45) is 0 Å². The van der Waals surface area contributed by atoms with Gasteiger partial charge in [0.25, 0.3) is 5.91 Å². The molecule has 0 aliphatic carbocycles. The van der Waals surface area contributed by atoms with Gasteiger partial charge in [-0.3, -0.25) is 9.59 Å². The summed E-state index contributed by atoms with van der Waals surface area (Å²) in [6, 6.07) is 1.76. The summed E-state index contributed by atoms with van der Waals surface area (Å²) < 4.78 is 10.3. The van der Waals surface area contributed by atoms with Crippen LogP contribution in [0.1, 0.15) is 48.1 Å². The van der Waals surface area contributed by atoms with Gasteiger partial charge < -0.3 is 19.4 Å². The molecule has 0 aliphatic heterocycles. The van der Waals surface area contributed by atoms with E-state index in [0.717, 1.165) is 18.6 Å². The minimum absolute atomic E-state index is 0.0718. The second-order valence-electron chi connectivity index (χ2n) is 5.57. The molecule has 0 aliphatic rings. The molecule has 1 aromatic heterocycles. The lowest BCUT2D eigenvalue weighted by Gasteiger charge is -2.22. The van der Waals surface area contributed by atoms with Crippen LogP contribution in [0.25, 0.3) is 0 Å². The SMILES string of the molecule is CCCCN(CCC(=O)NCCOC)C(=O)c1cc(C)oc1C. The summed E-state index contributed by atoms with van der Waals surface area (Å²) in [6.45, 7) is 7.70. The van der Waals surface area contributed by atoms with E-state index in [9.17, 15) is 9.59 Å². The molecule has 6 nitrogen and oxygen atoms in total. The predicted octanol–water partition coefficient (Wildman–Crippen LogP) is 2.29. The maximum atomic E-state index is 12.7. The molecule has 130 valence electrons. The average molecular weight is 324 g/mol. The summed E-state index contributed by atoms with van der Waals surface area (Å²) in [4.78, 5) is 26.2. The number of hydrogen-bond acceptors (Lipinski definition) is 4. The number of rotatable bonds is 10. The van der Waals surface area contributed by atoms with Gasteiger partial charge in [-0.2, -0.15) is 0 Å². The smallest absolute Gasteiger partial charge is 0.257 e. The highest BCUT2D eigenvalue weighted by molar-refractivity contribution is 5.95. The maximum absolute atomic E-state index is 12.7. The van der Waals surface area contributed by atoms with E-state index in [4.69, 9.17) is 9.15 Å². The average Bonchev–Trinajstić information content (AvgIpc) is 2.85. The van der Waals surface area contributed by atoms with E-state index >= 15 is 0 Å². The van der Waals surface area contributed by atoms with Crippen molar-refractivity contribution in [1.29, 1.82) is 0 Å². The van der Waals surface area contributed by atoms with Gasteiger partial charge in [-0.1, -0.05) is 13.3 Å². The Kier molecular flexibility index (Phi) is 8.40. The second kappa shape index (κ2) is 10.0. The van der Waals surface area contributed by atoms with E-state index in [2.05, 4.69) is 12.2 Å². The number of aryl methyl sites for hydroxylation is 2. The van der Waals surface area contributed by atoms with Crippen molar-refractivity contribution >= 4 is 11.8 Å². The van der Waals surface area contributed by atoms with Crippen molar-refractivity contribution in [2.45, 2.75) is 40.0 Å². The zero-order valence-corrected chi connectivity index (χ0v) is 14.6. The lowest BCUT2D eigenvalue weighted by atomic mass is 10.2. The van der Waals surface area contributed by atoms with Gasteiger partial charge in [-0.05, 0) is 26.3 Å².